The standard InChI is InChI=1S/C12H19FN2O/c1-15(7-8-16-2)12(9-14)10-3-5-11(13)6-4-10/h3-6,12H,7-9,14H2,1-2H3. The Hall–Kier alpha value is -0.970. The molecule has 4 heteroatoms. The topological polar surface area (TPSA) is 38.5 Å². The van der Waals surface area contributed by atoms with Gasteiger partial charge in [0.2, 0.25) is 0 Å². The van der Waals surface area contributed by atoms with E-state index in [1.165, 1.54) is 12.1 Å². The van der Waals surface area contributed by atoms with Crippen molar-refractivity contribution in [1.82, 2.24) is 4.90 Å². The van der Waals surface area contributed by atoms with Crippen LogP contribution in [0.5, 0.6) is 0 Å². The van der Waals surface area contributed by atoms with Crippen molar-refractivity contribution in [3.63, 3.8) is 0 Å². The highest BCUT2D eigenvalue weighted by Crippen LogP contribution is 2.18. The summed E-state index contributed by atoms with van der Waals surface area (Å²) in [6.45, 7) is 1.97. The van der Waals surface area contributed by atoms with E-state index in [1.54, 1.807) is 19.2 Å². The van der Waals surface area contributed by atoms with Gasteiger partial charge in [-0.3, -0.25) is 4.90 Å². The SMILES string of the molecule is COCCN(C)C(CN)c1ccc(F)cc1. The van der Waals surface area contributed by atoms with Crippen LogP contribution >= 0.6 is 0 Å². The molecule has 2 N–H and O–H groups in total. The van der Waals surface area contributed by atoms with E-state index in [-0.39, 0.29) is 11.9 Å². The van der Waals surface area contributed by atoms with Crippen molar-refractivity contribution in [1.29, 1.82) is 0 Å². The summed E-state index contributed by atoms with van der Waals surface area (Å²) in [5, 5.41) is 0. The molecule has 0 bridgehead atoms. The van der Waals surface area contributed by atoms with Gasteiger partial charge in [0.15, 0.2) is 0 Å². The minimum Gasteiger partial charge on any atom is -0.383 e. The lowest BCUT2D eigenvalue weighted by molar-refractivity contribution is 0.140. The van der Waals surface area contributed by atoms with Crippen molar-refractivity contribution in [3.05, 3.63) is 35.6 Å². The molecule has 0 heterocycles. The molecule has 0 aromatic heterocycles. The van der Waals surface area contributed by atoms with Gasteiger partial charge in [0.25, 0.3) is 0 Å². The van der Waals surface area contributed by atoms with E-state index in [9.17, 15) is 4.39 Å². The first-order valence-electron chi connectivity index (χ1n) is 5.33. The van der Waals surface area contributed by atoms with Crippen molar-refractivity contribution >= 4 is 0 Å². The average molecular weight is 226 g/mol. The van der Waals surface area contributed by atoms with Crippen molar-refractivity contribution in [2.24, 2.45) is 5.73 Å². The molecule has 0 spiro atoms. The maximum Gasteiger partial charge on any atom is 0.123 e. The zero-order valence-corrected chi connectivity index (χ0v) is 9.82. The first-order chi connectivity index (χ1) is 7.69. The number of ether oxygens (including phenoxy) is 1. The largest absolute Gasteiger partial charge is 0.383 e. The number of hydrogen-bond donors (Lipinski definition) is 1. The normalized spacial score (nSPS) is 13.1. The van der Waals surface area contributed by atoms with Gasteiger partial charge in [-0.05, 0) is 24.7 Å². The molecule has 0 fully saturated rings. The highest BCUT2D eigenvalue weighted by Gasteiger charge is 2.14. The molecule has 0 aliphatic carbocycles. The summed E-state index contributed by atoms with van der Waals surface area (Å²) in [4.78, 5) is 2.11. The molecular formula is C12H19FN2O. The Balaban J connectivity index is 2.69. The molecule has 16 heavy (non-hydrogen) atoms. The number of halogens is 1. The van der Waals surface area contributed by atoms with Crippen molar-refractivity contribution in [2.75, 3.05) is 33.9 Å². The maximum atomic E-state index is 12.8. The van der Waals surface area contributed by atoms with Crippen LogP contribution in [-0.2, 0) is 4.74 Å². The highest BCUT2D eigenvalue weighted by atomic mass is 19.1. The fraction of sp³-hybridized carbons (Fsp3) is 0.500. The Morgan fingerprint density at radius 3 is 2.50 bits per heavy atom. The summed E-state index contributed by atoms with van der Waals surface area (Å²) in [5.41, 5.74) is 6.77. The van der Waals surface area contributed by atoms with E-state index in [1.807, 2.05) is 7.05 Å². The van der Waals surface area contributed by atoms with E-state index >= 15 is 0 Å². The monoisotopic (exact) mass is 226 g/mol. The summed E-state index contributed by atoms with van der Waals surface area (Å²) in [7, 11) is 3.66. The molecule has 1 unspecified atom stereocenters. The number of hydrogen-bond acceptors (Lipinski definition) is 3. The summed E-state index contributed by atoms with van der Waals surface area (Å²) < 4.78 is 17.8. The summed E-state index contributed by atoms with van der Waals surface area (Å²) in [6.07, 6.45) is 0. The lowest BCUT2D eigenvalue weighted by Crippen LogP contribution is -2.32. The van der Waals surface area contributed by atoms with Gasteiger partial charge in [0.05, 0.1) is 6.61 Å². The molecule has 0 amide bonds. The molecular weight excluding hydrogens is 207 g/mol. The first-order valence-corrected chi connectivity index (χ1v) is 5.33. The Morgan fingerprint density at radius 2 is 2.00 bits per heavy atom. The van der Waals surface area contributed by atoms with Crippen molar-refractivity contribution in [2.45, 2.75) is 6.04 Å². The van der Waals surface area contributed by atoms with E-state index < -0.39 is 0 Å². The van der Waals surface area contributed by atoms with Gasteiger partial charge in [-0.15, -0.1) is 0 Å². The summed E-state index contributed by atoms with van der Waals surface area (Å²) >= 11 is 0. The summed E-state index contributed by atoms with van der Waals surface area (Å²) in [6, 6.07) is 6.58. The van der Waals surface area contributed by atoms with E-state index in [4.69, 9.17) is 10.5 Å². The number of benzene rings is 1. The minimum atomic E-state index is -0.223. The Bertz CT molecular complexity index is 302. The van der Waals surface area contributed by atoms with Gasteiger partial charge >= 0.3 is 0 Å². The third-order valence-electron chi connectivity index (χ3n) is 2.66. The molecule has 0 radical (unpaired) electrons. The van der Waals surface area contributed by atoms with Crippen LogP contribution in [0.3, 0.4) is 0 Å². The van der Waals surface area contributed by atoms with Crippen LogP contribution in [-0.4, -0.2) is 38.8 Å². The van der Waals surface area contributed by atoms with Gasteiger partial charge in [-0.2, -0.15) is 0 Å². The van der Waals surface area contributed by atoms with Gasteiger partial charge in [-0.25, -0.2) is 4.39 Å². The van der Waals surface area contributed by atoms with Crippen LogP contribution < -0.4 is 5.73 Å². The molecule has 0 aliphatic rings. The van der Waals surface area contributed by atoms with E-state index in [0.29, 0.717) is 13.2 Å². The summed E-state index contributed by atoms with van der Waals surface area (Å²) in [5.74, 6) is -0.223. The molecule has 0 saturated heterocycles. The number of likely N-dealkylation sites (N-methyl/N-ethyl adjacent to an activating group) is 1. The van der Waals surface area contributed by atoms with Crippen LogP contribution in [0.1, 0.15) is 11.6 Å². The number of methoxy groups -OCH3 is 1. The number of nitrogens with two attached hydrogens (primary N) is 1. The molecule has 1 aromatic carbocycles. The third-order valence-corrected chi connectivity index (χ3v) is 2.66. The van der Waals surface area contributed by atoms with Crippen LogP contribution in [0.15, 0.2) is 24.3 Å². The second-order valence-corrected chi connectivity index (χ2v) is 3.78. The predicted molar refractivity (Wildman–Crippen MR) is 62.7 cm³/mol. The van der Waals surface area contributed by atoms with Gasteiger partial charge in [-0.1, -0.05) is 12.1 Å². The molecule has 1 atom stereocenters. The minimum absolute atomic E-state index is 0.107. The first kappa shape index (κ1) is 13.1. The fourth-order valence-electron chi connectivity index (χ4n) is 1.65. The van der Waals surface area contributed by atoms with Crippen molar-refractivity contribution < 1.29 is 9.13 Å². The van der Waals surface area contributed by atoms with Gasteiger partial charge < -0.3 is 10.5 Å². The predicted octanol–water partition coefficient (Wildman–Crippen LogP) is 1.40. The van der Waals surface area contributed by atoms with Crippen molar-refractivity contribution in [3.8, 4) is 0 Å². The highest BCUT2D eigenvalue weighted by molar-refractivity contribution is 5.20. The van der Waals surface area contributed by atoms with Crippen LogP contribution in [0.2, 0.25) is 0 Å². The lowest BCUT2D eigenvalue weighted by atomic mass is 10.1. The lowest BCUT2D eigenvalue weighted by Gasteiger charge is -2.27. The second-order valence-electron chi connectivity index (χ2n) is 3.78. The third kappa shape index (κ3) is 3.56. The van der Waals surface area contributed by atoms with Crippen LogP contribution in [0.4, 0.5) is 4.39 Å². The van der Waals surface area contributed by atoms with Gasteiger partial charge in [0, 0.05) is 26.2 Å². The molecule has 0 saturated carbocycles. The van der Waals surface area contributed by atoms with E-state index in [0.717, 1.165) is 12.1 Å². The zero-order chi connectivity index (χ0) is 12.0. The number of nitrogens with zero attached hydrogens (tertiary/aromatic N) is 1. The fourth-order valence-corrected chi connectivity index (χ4v) is 1.65. The molecule has 1 rings (SSSR count). The Morgan fingerprint density at radius 1 is 1.38 bits per heavy atom. The Labute approximate surface area is 96.0 Å². The molecule has 90 valence electrons. The van der Waals surface area contributed by atoms with E-state index in [2.05, 4.69) is 4.90 Å². The quantitative estimate of drug-likeness (QED) is 0.797. The molecule has 1 aromatic rings. The molecule has 3 nitrogen and oxygen atoms in total. The average Bonchev–Trinajstić information content (AvgIpc) is 2.30. The maximum absolute atomic E-state index is 12.8. The second kappa shape index (κ2) is 6.58. The van der Waals surface area contributed by atoms with Crippen LogP contribution in [0, 0.1) is 5.82 Å². The number of rotatable bonds is 6. The molecule has 0 aliphatic heterocycles. The smallest absolute Gasteiger partial charge is 0.123 e. The zero-order valence-electron chi connectivity index (χ0n) is 9.82. The van der Waals surface area contributed by atoms with Gasteiger partial charge in [0.1, 0.15) is 5.82 Å². The Kier molecular flexibility index (Phi) is 5.38. The van der Waals surface area contributed by atoms with Crippen LogP contribution in [0.25, 0.3) is 0 Å².